The van der Waals surface area contributed by atoms with Crippen LogP contribution in [-0.2, 0) is 10.2 Å². The van der Waals surface area contributed by atoms with E-state index in [4.69, 9.17) is 14.6 Å². The molecule has 1 heterocycles. The van der Waals surface area contributed by atoms with Crippen molar-refractivity contribution in [2.45, 2.75) is 32.1 Å². The van der Waals surface area contributed by atoms with Gasteiger partial charge in [-0.05, 0) is 6.07 Å². The number of benzene rings is 1. The normalized spacial score (nSPS) is 14.8. The van der Waals surface area contributed by atoms with Crippen molar-refractivity contribution in [3.05, 3.63) is 17.7 Å². The number of carboxylic acids is 1. The summed E-state index contributed by atoms with van der Waals surface area (Å²) in [5, 5.41) is 19.0. The van der Waals surface area contributed by atoms with Gasteiger partial charge in [-0.1, -0.05) is 13.8 Å². The van der Waals surface area contributed by atoms with Crippen molar-refractivity contribution in [1.29, 1.82) is 0 Å². The van der Waals surface area contributed by atoms with Gasteiger partial charge in [-0.2, -0.15) is 0 Å². The van der Waals surface area contributed by atoms with Crippen molar-refractivity contribution < 1.29 is 24.5 Å². The molecule has 2 rings (SSSR count). The first-order valence-electron chi connectivity index (χ1n) is 6.25. The van der Waals surface area contributed by atoms with Crippen molar-refractivity contribution in [2.24, 2.45) is 0 Å². The Morgan fingerprint density at radius 2 is 1.84 bits per heavy atom. The van der Waals surface area contributed by atoms with Gasteiger partial charge in [0.25, 0.3) is 0 Å². The van der Waals surface area contributed by atoms with Crippen molar-refractivity contribution in [3.8, 4) is 17.2 Å². The van der Waals surface area contributed by atoms with Crippen molar-refractivity contribution in [2.75, 3.05) is 13.2 Å². The number of rotatable bonds is 3. The van der Waals surface area contributed by atoms with E-state index in [1.54, 1.807) is 19.9 Å². The quantitative estimate of drug-likeness (QED) is 0.878. The Morgan fingerprint density at radius 1 is 1.26 bits per heavy atom. The monoisotopic (exact) mass is 266 g/mol. The predicted molar refractivity (Wildman–Crippen MR) is 69.0 cm³/mol. The third-order valence-corrected chi connectivity index (χ3v) is 3.19. The summed E-state index contributed by atoms with van der Waals surface area (Å²) in [6.07, 6.45) is 0.712. The molecular weight excluding hydrogens is 248 g/mol. The number of carboxylic acid groups (broad SMARTS) is 1. The van der Waals surface area contributed by atoms with Crippen molar-refractivity contribution in [3.63, 3.8) is 0 Å². The van der Waals surface area contributed by atoms with E-state index < -0.39 is 11.4 Å². The number of phenolic OH excluding ortho intramolecular Hbond substituents is 1. The zero-order valence-corrected chi connectivity index (χ0v) is 11.1. The highest BCUT2D eigenvalue weighted by Crippen LogP contribution is 2.42. The minimum absolute atomic E-state index is 0.0375. The highest BCUT2D eigenvalue weighted by atomic mass is 16.5. The molecule has 0 aliphatic carbocycles. The van der Waals surface area contributed by atoms with E-state index >= 15 is 0 Å². The fourth-order valence-corrected chi connectivity index (χ4v) is 2.21. The molecule has 0 saturated carbocycles. The van der Waals surface area contributed by atoms with Gasteiger partial charge in [-0.15, -0.1) is 0 Å². The molecule has 0 radical (unpaired) electrons. The van der Waals surface area contributed by atoms with E-state index in [0.717, 1.165) is 6.42 Å². The van der Waals surface area contributed by atoms with Crippen LogP contribution in [0.15, 0.2) is 12.1 Å². The number of hydrogen-bond acceptors (Lipinski definition) is 4. The van der Waals surface area contributed by atoms with Crippen LogP contribution in [0, 0.1) is 0 Å². The number of fused-ring (bicyclic) bond motifs is 1. The lowest BCUT2D eigenvalue weighted by atomic mass is 9.81. The maximum atomic E-state index is 10.9. The molecule has 1 aliphatic rings. The first-order valence-corrected chi connectivity index (χ1v) is 6.25. The van der Waals surface area contributed by atoms with E-state index in [9.17, 15) is 9.90 Å². The second-order valence-electron chi connectivity index (χ2n) is 5.32. The summed E-state index contributed by atoms with van der Waals surface area (Å²) >= 11 is 0. The SMILES string of the molecule is CC(C)(CC(=O)O)c1cc2c(cc1O)OCCCO2. The summed E-state index contributed by atoms with van der Waals surface area (Å²) in [6.45, 7) is 4.65. The van der Waals surface area contributed by atoms with E-state index in [1.165, 1.54) is 6.07 Å². The molecule has 0 fully saturated rings. The maximum absolute atomic E-state index is 10.9. The highest BCUT2D eigenvalue weighted by molar-refractivity contribution is 5.69. The molecule has 1 aromatic rings. The Morgan fingerprint density at radius 3 is 2.42 bits per heavy atom. The summed E-state index contributed by atoms with van der Waals surface area (Å²) in [5.41, 5.74) is -0.125. The summed E-state index contributed by atoms with van der Waals surface area (Å²) in [4.78, 5) is 10.9. The molecule has 104 valence electrons. The molecule has 2 N–H and O–H groups in total. The van der Waals surface area contributed by atoms with Crippen LogP contribution in [0.25, 0.3) is 0 Å². The molecule has 0 aromatic heterocycles. The number of phenols is 1. The van der Waals surface area contributed by atoms with Gasteiger partial charge in [0.2, 0.25) is 0 Å². The number of hydrogen-bond donors (Lipinski definition) is 2. The van der Waals surface area contributed by atoms with Crippen molar-refractivity contribution >= 4 is 5.97 Å². The minimum atomic E-state index is -0.906. The summed E-state index contributed by atoms with van der Waals surface area (Å²) in [6, 6.07) is 3.18. The van der Waals surface area contributed by atoms with Crippen LogP contribution in [0.4, 0.5) is 0 Å². The van der Waals surface area contributed by atoms with Crippen LogP contribution in [-0.4, -0.2) is 29.4 Å². The fraction of sp³-hybridized carbons (Fsp3) is 0.500. The molecule has 0 saturated heterocycles. The molecule has 0 atom stereocenters. The van der Waals surface area contributed by atoms with E-state index in [1.807, 2.05) is 0 Å². The van der Waals surface area contributed by atoms with Gasteiger partial charge < -0.3 is 19.7 Å². The summed E-state index contributed by atoms with van der Waals surface area (Å²) in [7, 11) is 0. The van der Waals surface area contributed by atoms with Gasteiger partial charge in [0.1, 0.15) is 5.75 Å². The van der Waals surface area contributed by atoms with Gasteiger partial charge in [-0.25, -0.2) is 0 Å². The number of aliphatic carboxylic acids is 1. The third-order valence-electron chi connectivity index (χ3n) is 3.19. The van der Waals surface area contributed by atoms with Crippen LogP contribution in [0.2, 0.25) is 0 Å². The highest BCUT2D eigenvalue weighted by Gasteiger charge is 2.29. The standard InChI is InChI=1S/C14H18O5/c1-14(2,8-13(16)17)9-6-11-12(7-10(9)15)19-5-3-4-18-11/h6-7,15H,3-5,8H2,1-2H3,(H,16,17). The summed E-state index contributed by atoms with van der Waals surface area (Å²) in [5.74, 6) is 0.195. The molecule has 0 amide bonds. The number of ether oxygens (including phenoxy) is 2. The van der Waals surface area contributed by atoms with Crippen LogP contribution in [0.5, 0.6) is 17.2 Å². The second-order valence-corrected chi connectivity index (χ2v) is 5.32. The van der Waals surface area contributed by atoms with Crippen molar-refractivity contribution in [1.82, 2.24) is 0 Å². The summed E-state index contributed by atoms with van der Waals surface area (Å²) < 4.78 is 11.0. The second kappa shape index (κ2) is 4.99. The van der Waals surface area contributed by atoms with Gasteiger partial charge in [-0.3, -0.25) is 4.79 Å². The Labute approximate surface area is 111 Å². The number of aromatic hydroxyl groups is 1. The zero-order valence-electron chi connectivity index (χ0n) is 11.1. The molecular formula is C14H18O5. The Bertz CT molecular complexity index is 493. The van der Waals surface area contributed by atoms with Crippen LogP contribution < -0.4 is 9.47 Å². The molecule has 1 aromatic carbocycles. The first kappa shape index (κ1) is 13.5. The Balaban J connectivity index is 2.41. The average Bonchev–Trinajstić information content (AvgIpc) is 2.50. The molecule has 0 unspecified atom stereocenters. The molecule has 0 spiro atoms. The number of carbonyl (C=O) groups is 1. The van der Waals surface area contributed by atoms with Crippen LogP contribution >= 0.6 is 0 Å². The lowest BCUT2D eigenvalue weighted by molar-refractivity contribution is -0.138. The molecule has 5 heteroatoms. The lowest BCUT2D eigenvalue weighted by Gasteiger charge is -2.25. The minimum Gasteiger partial charge on any atom is -0.508 e. The van der Waals surface area contributed by atoms with Gasteiger partial charge in [0, 0.05) is 23.5 Å². The first-order chi connectivity index (χ1) is 8.90. The third kappa shape index (κ3) is 2.92. The topological polar surface area (TPSA) is 76.0 Å². The molecule has 19 heavy (non-hydrogen) atoms. The van der Waals surface area contributed by atoms with Gasteiger partial charge in [0.15, 0.2) is 11.5 Å². The van der Waals surface area contributed by atoms with Gasteiger partial charge >= 0.3 is 5.97 Å². The smallest absolute Gasteiger partial charge is 0.304 e. The Kier molecular flexibility index (Phi) is 3.55. The van der Waals surface area contributed by atoms with E-state index in [0.29, 0.717) is 30.3 Å². The maximum Gasteiger partial charge on any atom is 0.304 e. The molecule has 5 nitrogen and oxygen atoms in total. The van der Waals surface area contributed by atoms with Gasteiger partial charge in [0.05, 0.1) is 19.6 Å². The van der Waals surface area contributed by atoms with E-state index in [2.05, 4.69) is 0 Å². The fourth-order valence-electron chi connectivity index (χ4n) is 2.21. The van der Waals surface area contributed by atoms with Crippen LogP contribution in [0.3, 0.4) is 0 Å². The lowest BCUT2D eigenvalue weighted by Crippen LogP contribution is -2.22. The largest absolute Gasteiger partial charge is 0.508 e. The predicted octanol–water partition coefficient (Wildman–Crippen LogP) is 2.31. The zero-order chi connectivity index (χ0) is 14.0. The molecule has 1 aliphatic heterocycles. The molecule has 0 bridgehead atoms. The average molecular weight is 266 g/mol. The van der Waals surface area contributed by atoms with E-state index in [-0.39, 0.29) is 12.2 Å². The Hall–Kier alpha value is -1.91. The van der Waals surface area contributed by atoms with Crippen LogP contribution in [0.1, 0.15) is 32.3 Å².